The smallest absolute Gasteiger partial charge is 0.312 e. The Labute approximate surface area is 370 Å². The van der Waals surface area contributed by atoms with Gasteiger partial charge in [-0.2, -0.15) is 5.10 Å². The van der Waals surface area contributed by atoms with Crippen LogP contribution in [0.25, 0.3) is 10.8 Å². The Balaban J connectivity index is 1.70. The fourth-order valence-corrected chi connectivity index (χ4v) is 8.89. The fraction of sp³-hybridized carbons (Fsp3) is 0.583. The first-order valence-electron chi connectivity index (χ1n) is 22.2. The van der Waals surface area contributed by atoms with E-state index >= 15 is 0 Å². The zero-order valence-corrected chi connectivity index (χ0v) is 38.1. The molecule has 0 unspecified atom stereocenters. The van der Waals surface area contributed by atoms with Crippen molar-refractivity contribution in [3.63, 3.8) is 0 Å². The van der Waals surface area contributed by atoms with Crippen LogP contribution in [0.3, 0.4) is 0 Å². The summed E-state index contributed by atoms with van der Waals surface area (Å²) >= 11 is 0. The van der Waals surface area contributed by atoms with Gasteiger partial charge in [-0.15, -0.1) is 0 Å². The molecule has 5 bridgehead atoms. The summed E-state index contributed by atoms with van der Waals surface area (Å²) in [6, 6.07) is 0. The molecule has 15 heteroatoms. The van der Waals surface area contributed by atoms with Gasteiger partial charge in [-0.25, -0.2) is 0 Å². The standard InChI is InChI=1S/C48H67N3O12/c1-26-19-18-20-27(2)47(59)50-38-33(25-49-51-22-16-14-12-10-11-13-15-17-23-51)42(56)35-36(43(38)57)41(55)31(6)45-37(35)46(58)48(8,63-45)61-24-21-34(60-9)28(3)44(62-32(7)52)30(5)40(54)29(4)39(26)53/h18-21,24-26,28-30,34,39-40,44,53-57H,10-17,22-23H2,1-9H3,(H,50,59)/b19-18-,24-21?,27-20-,49-25+/t26-,28+,29+,30+,34-,39-,40+,44+,48-/m0/s1. The lowest BCUT2D eigenvalue weighted by molar-refractivity contribution is -0.160. The number of aromatic hydroxyl groups is 3. The molecule has 4 heterocycles. The second kappa shape index (κ2) is 21.0. The predicted molar refractivity (Wildman–Crippen MR) is 240 cm³/mol. The maximum atomic E-state index is 14.6. The molecule has 2 aromatic carbocycles. The van der Waals surface area contributed by atoms with Crippen LogP contribution in [0.1, 0.15) is 121 Å². The average molecular weight is 878 g/mol. The van der Waals surface area contributed by atoms with E-state index in [1.807, 2.05) is 5.01 Å². The lowest BCUT2D eigenvalue weighted by atomic mass is 9.78. The molecule has 346 valence electrons. The highest BCUT2D eigenvalue weighted by atomic mass is 16.7. The number of nitrogens with one attached hydrogen (secondary N) is 1. The SMILES string of the molecule is CO[C@H]1C=CO[C@@]2(C)Oc3c(C)c(O)c4c(O)c(c(/C=N/N5CCCCCCCCCC5)c(O)c4c3C2=O)NC(=O)/C(C)=C\C=C/[C@H](C)[C@H](O)[C@@H](C)[C@@H](O)[C@@H](C)[C@H](OC(C)=O)[C@@H]1C. The highest BCUT2D eigenvalue weighted by Crippen LogP contribution is 2.55. The van der Waals surface area contributed by atoms with Crippen LogP contribution in [-0.4, -0.2) is 105 Å². The number of hydrogen-bond donors (Lipinski definition) is 6. The van der Waals surface area contributed by atoms with Crippen molar-refractivity contribution in [2.45, 2.75) is 137 Å². The second-order valence-corrected chi connectivity index (χ2v) is 17.6. The number of carbonyl (C=O) groups is 3. The van der Waals surface area contributed by atoms with E-state index < -0.39 is 88.8 Å². The van der Waals surface area contributed by atoms with Crippen molar-refractivity contribution in [2.75, 3.05) is 25.5 Å². The molecule has 0 saturated carbocycles. The molecule has 0 radical (unpaired) electrons. The molecule has 6 rings (SSSR count). The van der Waals surface area contributed by atoms with Crippen LogP contribution in [0.5, 0.6) is 23.0 Å². The number of Topliss-reactive ketones (excluding diaryl/α,β-unsaturated/α-hetero) is 1. The van der Waals surface area contributed by atoms with Crippen LogP contribution in [-0.2, 0) is 23.8 Å². The third kappa shape index (κ3) is 10.6. The summed E-state index contributed by atoms with van der Waals surface area (Å²) in [6.07, 6.45) is 13.5. The zero-order chi connectivity index (χ0) is 46.3. The van der Waals surface area contributed by atoms with Crippen molar-refractivity contribution in [2.24, 2.45) is 28.8 Å². The van der Waals surface area contributed by atoms with Crippen LogP contribution in [0.15, 0.2) is 41.2 Å². The molecule has 2 aromatic rings. The van der Waals surface area contributed by atoms with E-state index in [-0.39, 0.29) is 44.5 Å². The summed E-state index contributed by atoms with van der Waals surface area (Å²) in [5.74, 6) is -8.24. The van der Waals surface area contributed by atoms with Crippen molar-refractivity contribution in [3.8, 4) is 23.0 Å². The predicted octanol–water partition coefficient (Wildman–Crippen LogP) is 7.52. The molecule has 6 N–H and O–H groups in total. The summed E-state index contributed by atoms with van der Waals surface area (Å²) in [5, 5.41) is 67.8. The molecule has 4 aliphatic heterocycles. The largest absolute Gasteiger partial charge is 0.507 e. The number of fused-ring (bicyclic) bond motifs is 14. The lowest BCUT2D eigenvalue weighted by Gasteiger charge is -2.38. The molecule has 63 heavy (non-hydrogen) atoms. The van der Waals surface area contributed by atoms with Gasteiger partial charge >= 0.3 is 11.8 Å². The number of amides is 1. The Bertz CT molecular complexity index is 2120. The Morgan fingerprint density at radius 1 is 0.873 bits per heavy atom. The molecule has 4 aliphatic rings. The van der Waals surface area contributed by atoms with E-state index in [0.29, 0.717) is 13.1 Å². The number of esters is 1. The molecule has 1 amide bonds. The van der Waals surface area contributed by atoms with Gasteiger partial charge in [-0.1, -0.05) is 84.4 Å². The number of aliphatic hydroxyl groups excluding tert-OH is 2. The molecular weight excluding hydrogens is 811 g/mol. The van der Waals surface area contributed by atoms with Crippen molar-refractivity contribution in [1.29, 1.82) is 0 Å². The summed E-state index contributed by atoms with van der Waals surface area (Å²) in [7, 11) is 1.45. The van der Waals surface area contributed by atoms with Crippen LogP contribution < -0.4 is 10.1 Å². The number of allylic oxidation sites excluding steroid dienone is 2. The van der Waals surface area contributed by atoms with E-state index in [2.05, 4.69) is 5.32 Å². The first-order valence-corrected chi connectivity index (χ1v) is 22.2. The van der Waals surface area contributed by atoms with Gasteiger partial charge in [0.2, 0.25) is 0 Å². The van der Waals surface area contributed by atoms with E-state index in [4.69, 9.17) is 24.0 Å². The number of ether oxygens (including phenoxy) is 4. The second-order valence-electron chi connectivity index (χ2n) is 17.6. The van der Waals surface area contributed by atoms with Crippen LogP contribution in [0.4, 0.5) is 5.69 Å². The zero-order valence-electron chi connectivity index (χ0n) is 38.1. The molecule has 0 spiro atoms. The Morgan fingerprint density at radius 2 is 1.49 bits per heavy atom. The first-order chi connectivity index (χ1) is 29.8. The number of aliphatic hydroxyl groups is 2. The number of rotatable bonds is 4. The number of hydrogen-bond acceptors (Lipinski definition) is 14. The third-order valence-electron chi connectivity index (χ3n) is 13.0. The maximum absolute atomic E-state index is 14.6. The Kier molecular flexibility index (Phi) is 16.3. The highest BCUT2D eigenvalue weighted by molar-refractivity contribution is 6.23. The number of anilines is 1. The minimum atomic E-state index is -2.04. The van der Waals surface area contributed by atoms with Gasteiger partial charge in [-0.3, -0.25) is 19.4 Å². The molecule has 1 fully saturated rings. The van der Waals surface area contributed by atoms with Gasteiger partial charge in [0.15, 0.2) is 5.75 Å². The monoisotopic (exact) mass is 877 g/mol. The number of benzene rings is 2. The number of hydrazone groups is 1. The fourth-order valence-electron chi connectivity index (χ4n) is 8.89. The number of ketones is 1. The Morgan fingerprint density at radius 3 is 2.10 bits per heavy atom. The van der Waals surface area contributed by atoms with E-state index in [9.17, 15) is 39.9 Å². The van der Waals surface area contributed by atoms with Crippen LogP contribution >= 0.6 is 0 Å². The normalized spacial score (nSPS) is 30.9. The van der Waals surface area contributed by atoms with Gasteiger partial charge < -0.3 is 49.8 Å². The lowest BCUT2D eigenvalue weighted by Crippen LogP contribution is -2.46. The van der Waals surface area contributed by atoms with Gasteiger partial charge in [-0.05, 0) is 32.8 Å². The molecule has 9 atom stereocenters. The summed E-state index contributed by atoms with van der Waals surface area (Å²) in [5.41, 5.74) is -0.263. The molecule has 1 saturated heterocycles. The number of phenolic OH excluding ortho intramolecular Hbond substituents is 3. The number of methoxy groups -OCH3 is 1. The van der Waals surface area contributed by atoms with Crippen LogP contribution in [0, 0.1) is 30.6 Å². The maximum Gasteiger partial charge on any atom is 0.312 e. The van der Waals surface area contributed by atoms with Crippen molar-refractivity contribution in [3.05, 3.63) is 52.8 Å². The average Bonchev–Trinajstić information content (AvgIpc) is 3.48. The van der Waals surface area contributed by atoms with Gasteiger partial charge in [0, 0.05) is 74.2 Å². The Hall–Kier alpha value is -5.12. The number of carbonyl (C=O) groups excluding carboxylic acids is 3. The number of phenols is 3. The van der Waals surface area contributed by atoms with Gasteiger partial charge in [0.05, 0.1) is 53.0 Å². The summed E-state index contributed by atoms with van der Waals surface area (Å²) < 4.78 is 23.7. The quantitative estimate of drug-likeness (QED) is 0.0759. The minimum absolute atomic E-state index is 0.0662. The highest BCUT2D eigenvalue weighted by Gasteiger charge is 2.50. The van der Waals surface area contributed by atoms with Crippen LogP contribution in [0.2, 0.25) is 0 Å². The van der Waals surface area contributed by atoms with Crippen molar-refractivity contribution < 1.29 is 58.9 Å². The van der Waals surface area contributed by atoms with Crippen molar-refractivity contribution >= 4 is 40.3 Å². The summed E-state index contributed by atoms with van der Waals surface area (Å²) in [6.45, 7) is 13.9. The number of nitrogens with zero attached hydrogens (tertiary/aromatic N) is 2. The molecular formula is C48H67N3O12. The first kappa shape index (κ1) is 48.9. The minimum Gasteiger partial charge on any atom is -0.507 e. The topological polar surface area (TPSA) is 217 Å². The third-order valence-corrected chi connectivity index (χ3v) is 13.0. The van der Waals surface area contributed by atoms with Gasteiger partial charge in [0.1, 0.15) is 23.4 Å². The van der Waals surface area contributed by atoms with E-state index in [1.54, 1.807) is 46.8 Å². The van der Waals surface area contributed by atoms with Gasteiger partial charge in [0.25, 0.3) is 11.7 Å². The van der Waals surface area contributed by atoms with E-state index in [0.717, 1.165) is 38.5 Å². The molecule has 0 aromatic heterocycles. The summed E-state index contributed by atoms with van der Waals surface area (Å²) in [4.78, 5) is 40.8. The molecule has 15 nitrogen and oxygen atoms in total. The molecule has 0 aliphatic carbocycles. The van der Waals surface area contributed by atoms with E-state index in [1.165, 1.54) is 65.4 Å². The van der Waals surface area contributed by atoms with Crippen molar-refractivity contribution in [1.82, 2.24) is 5.01 Å².